The number of carbonyl (C=O) groups excluding carboxylic acids is 1. The molecule has 6 nitrogen and oxygen atoms in total. The number of fused-ring (bicyclic) bond motifs is 1. The summed E-state index contributed by atoms with van der Waals surface area (Å²) < 4.78 is 5.87. The molecule has 6 heteroatoms. The van der Waals surface area contributed by atoms with Crippen molar-refractivity contribution in [3.63, 3.8) is 0 Å². The third-order valence-electron chi connectivity index (χ3n) is 5.97. The molecule has 4 rings (SSSR count). The van der Waals surface area contributed by atoms with Crippen LogP contribution < -0.4 is 14.5 Å². The fourth-order valence-corrected chi connectivity index (χ4v) is 4.34. The molecular weight excluding hydrogens is 378 g/mol. The van der Waals surface area contributed by atoms with Crippen LogP contribution in [0.15, 0.2) is 48.5 Å². The number of aliphatic hydroxyl groups excluding tert-OH is 1. The molecule has 0 radical (unpaired) electrons. The Morgan fingerprint density at radius 2 is 1.80 bits per heavy atom. The first-order chi connectivity index (χ1) is 14.6. The smallest absolute Gasteiger partial charge is 0.227 e. The zero-order chi connectivity index (χ0) is 20.9. The Kier molecular flexibility index (Phi) is 6.55. The van der Waals surface area contributed by atoms with E-state index in [2.05, 4.69) is 34.1 Å². The van der Waals surface area contributed by atoms with Gasteiger partial charge in [0, 0.05) is 57.1 Å². The number of aliphatic hydroxyl groups is 1. The number of carbonyl (C=O) groups is 1. The maximum Gasteiger partial charge on any atom is 0.227 e. The standard InChI is InChI=1S/C24H31N3O3/c1-2-27-23-10-9-22(16-19(23)8-11-24(27)29)30-18-21(28)17-25-12-14-26(15-13-25)20-6-4-3-5-7-20/h3-7,9-10,16,21,28H,2,8,11-15,17-18H2,1H3. The highest BCUT2D eigenvalue weighted by Crippen LogP contribution is 2.31. The maximum absolute atomic E-state index is 12.0. The first-order valence-corrected chi connectivity index (χ1v) is 10.9. The van der Waals surface area contributed by atoms with Gasteiger partial charge >= 0.3 is 0 Å². The Balaban J connectivity index is 1.25. The predicted molar refractivity (Wildman–Crippen MR) is 119 cm³/mol. The van der Waals surface area contributed by atoms with Crippen LogP contribution in [0.1, 0.15) is 18.9 Å². The van der Waals surface area contributed by atoms with Crippen molar-refractivity contribution in [3.8, 4) is 5.75 Å². The second kappa shape index (κ2) is 9.49. The minimum absolute atomic E-state index is 0.182. The van der Waals surface area contributed by atoms with Gasteiger partial charge in [0.15, 0.2) is 0 Å². The Hall–Kier alpha value is -2.57. The van der Waals surface area contributed by atoms with E-state index in [0.717, 1.165) is 49.6 Å². The van der Waals surface area contributed by atoms with Crippen molar-refractivity contribution in [1.29, 1.82) is 0 Å². The van der Waals surface area contributed by atoms with Crippen LogP contribution in [-0.4, -0.2) is 67.9 Å². The van der Waals surface area contributed by atoms with Crippen LogP contribution in [0, 0.1) is 0 Å². The van der Waals surface area contributed by atoms with Gasteiger partial charge in [0.05, 0.1) is 0 Å². The summed E-state index contributed by atoms with van der Waals surface area (Å²) in [6.07, 6.45) is 0.760. The summed E-state index contributed by atoms with van der Waals surface area (Å²) in [6.45, 7) is 7.37. The van der Waals surface area contributed by atoms with Gasteiger partial charge in [0.2, 0.25) is 5.91 Å². The van der Waals surface area contributed by atoms with E-state index in [1.54, 1.807) is 0 Å². The third-order valence-corrected chi connectivity index (χ3v) is 5.97. The van der Waals surface area contributed by atoms with E-state index < -0.39 is 6.10 Å². The van der Waals surface area contributed by atoms with E-state index in [0.29, 0.717) is 19.5 Å². The molecule has 1 atom stereocenters. The molecule has 1 amide bonds. The summed E-state index contributed by atoms with van der Waals surface area (Å²) in [5.74, 6) is 0.938. The number of amides is 1. The molecule has 0 saturated carbocycles. The molecule has 0 bridgehead atoms. The molecule has 2 heterocycles. The largest absolute Gasteiger partial charge is 0.491 e. The van der Waals surface area contributed by atoms with Crippen molar-refractivity contribution < 1.29 is 14.6 Å². The number of piperazine rings is 1. The van der Waals surface area contributed by atoms with Crippen LogP contribution in [0.2, 0.25) is 0 Å². The van der Waals surface area contributed by atoms with Crippen molar-refractivity contribution in [2.75, 3.05) is 55.7 Å². The lowest BCUT2D eigenvalue weighted by molar-refractivity contribution is -0.118. The van der Waals surface area contributed by atoms with Crippen LogP contribution in [0.3, 0.4) is 0 Å². The van der Waals surface area contributed by atoms with Gasteiger partial charge in [-0.3, -0.25) is 9.69 Å². The molecule has 2 aliphatic heterocycles. The molecule has 2 aliphatic rings. The second-order valence-electron chi connectivity index (χ2n) is 8.02. The number of hydrogen-bond acceptors (Lipinski definition) is 5. The van der Waals surface area contributed by atoms with Gasteiger partial charge in [0.1, 0.15) is 18.5 Å². The van der Waals surface area contributed by atoms with Gasteiger partial charge in [-0.1, -0.05) is 18.2 Å². The third kappa shape index (κ3) is 4.77. The first-order valence-electron chi connectivity index (χ1n) is 10.9. The van der Waals surface area contributed by atoms with Gasteiger partial charge in [0.25, 0.3) is 0 Å². The highest BCUT2D eigenvalue weighted by Gasteiger charge is 2.23. The Labute approximate surface area is 178 Å². The van der Waals surface area contributed by atoms with Gasteiger partial charge in [-0.25, -0.2) is 0 Å². The zero-order valence-corrected chi connectivity index (χ0v) is 17.7. The van der Waals surface area contributed by atoms with Crippen LogP contribution in [0.4, 0.5) is 11.4 Å². The number of ether oxygens (including phenoxy) is 1. The molecular formula is C24H31N3O3. The van der Waals surface area contributed by atoms with Crippen molar-refractivity contribution in [2.45, 2.75) is 25.9 Å². The Morgan fingerprint density at radius 1 is 1.03 bits per heavy atom. The lowest BCUT2D eigenvalue weighted by Gasteiger charge is -2.36. The number of para-hydroxylation sites is 1. The topological polar surface area (TPSA) is 56.3 Å². The lowest BCUT2D eigenvalue weighted by atomic mass is 10.0. The minimum Gasteiger partial charge on any atom is -0.491 e. The molecule has 1 N–H and O–H groups in total. The molecule has 30 heavy (non-hydrogen) atoms. The van der Waals surface area contributed by atoms with E-state index in [4.69, 9.17) is 4.74 Å². The number of aryl methyl sites for hydroxylation is 1. The molecule has 0 aliphatic carbocycles. The van der Waals surface area contributed by atoms with Crippen LogP contribution in [0.5, 0.6) is 5.75 Å². The molecule has 0 spiro atoms. The highest BCUT2D eigenvalue weighted by atomic mass is 16.5. The molecule has 2 aromatic rings. The van der Waals surface area contributed by atoms with Crippen molar-refractivity contribution in [3.05, 3.63) is 54.1 Å². The maximum atomic E-state index is 12.0. The predicted octanol–water partition coefficient (Wildman–Crippen LogP) is 2.55. The zero-order valence-electron chi connectivity index (χ0n) is 17.7. The summed E-state index contributed by atoms with van der Waals surface area (Å²) in [4.78, 5) is 18.5. The number of hydrogen-bond donors (Lipinski definition) is 1. The summed E-state index contributed by atoms with van der Waals surface area (Å²) in [5.41, 5.74) is 3.38. The normalized spacial score (nSPS) is 18.3. The molecule has 160 valence electrons. The Bertz CT molecular complexity index is 850. The molecule has 2 aromatic carbocycles. The Morgan fingerprint density at radius 3 is 2.53 bits per heavy atom. The molecule has 1 fully saturated rings. The monoisotopic (exact) mass is 409 g/mol. The fraction of sp³-hybridized carbons (Fsp3) is 0.458. The SMILES string of the molecule is CCN1C(=O)CCc2cc(OCC(O)CN3CCN(c4ccccc4)CC3)ccc21. The molecule has 0 aromatic heterocycles. The average molecular weight is 410 g/mol. The van der Waals surface area contributed by atoms with Gasteiger partial charge in [-0.05, 0) is 49.2 Å². The van der Waals surface area contributed by atoms with Crippen LogP contribution in [0.25, 0.3) is 0 Å². The van der Waals surface area contributed by atoms with Crippen molar-refractivity contribution >= 4 is 17.3 Å². The van der Waals surface area contributed by atoms with Crippen LogP contribution >= 0.6 is 0 Å². The number of anilines is 2. The molecule has 1 saturated heterocycles. The highest BCUT2D eigenvalue weighted by molar-refractivity contribution is 5.96. The summed E-state index contributed by atoms with van der Waals surface area (Å²) in [7, 11) is 0. The average Bonchev–Trinajstić information content (AvgIpc) is 2.79. The van der Waals surface area contributed by atoms with Gasteiger partial charge < -0.3 is 19.6 Å². The van der Waals surface area contributed by atoms with Gasteiger partial charge in [-0.15, -0.1) is 0 Å². The summed E-state index contributed by atoms with van der Waals surface area (Å²) >= 11 is 0. The lowest BCUT2D eigenvalue weighted by Crippen LogP contribution is -2.49. The number of nitrogens with zero attached hydrogens (tertiary/aromatic N) is 3. The second-order valence-corrected chi connectivity index (χ2v) is 8.02. The van der Waals surface area contributed by atoms with E-state index in [1.165, 1.54) is 5.69 Å². The molecule has 1 unspecified atom stereocenters. The first kappa shape index (κ1) is 20.7. The number of rotatable bonds is 7. The fourth-order valence-electron chi connectivity index (χ4n) is 4.34. The van der Waals surface area contributed by atoms with E-state index in [-0.39, 0.29) is 12.5 Å². The quantitative estimate of drug-likeness (QED) is 0.762. The number of benzene rings is 2. The van der Waals surface area contributed by atoms with Crippen molar-refractivity contribution in [2.24, 2.45) is 0 Å². The van der Waals surface area contributed by atoms with Gasteiger partial charge in [-0.2, -0.15) is 0 Å². The van der Waals surface area contributed by atoms with E-state index >= 15 is 0 Å². The number of β-amino-alcohol motifs (C(OH)–C–C–N with tert-alkyl or cyclic N) is 1. The van der Waals surface area contributed by atoms with E-state index in [9.17, 15) is 9.90 Å². The minimum atomic E-state index is -0.530. The van der Waals surface area contributed by atoms with E-state index in [1.807, 2.05) is 36.1 Å². The summed E-state index contributed by atoms with van der Waals surface area (Å²) in [6, 6.07) is 16.3. The summed E-state index contributed by atoms with van der Waals surface area (Å²) in [5, 5.41) is 10.5. The van der Waals surface area contributed by atoms with Crippen LogP contribution in [-0.2, 0) is 11.2 Å². The van der Waals surface area contributed by atoms with Crippen molar-refractivity contribution in [1.82, 2.24) is 4.90 Å².